The predicted molar refractivity (Wildman–Crippen MR) is 209 cm³/mol. The maximum absolute atomic E-state index is 15.0. The monoisotopic (exact) mass is 781 g/mol. The van der Waals surface area contributed by atoms with Crippen molar-refractivity contribution in [3.63, 3.8) is 0 Å². The molecule has 4 aromatic rings. The van der Waals surface area contributed by atoms with Crippen LogP contribution in [0, 0.1) is 24.5 Å². The fourth-order valence-corrected chi connectivity index (χ4v) is 7.67. The molecule has 0 aliphatic carbocycles. The number of rotatable bonds is 6. The van der Waals surface area contributed by atoms with Crippen molar-refractivity contribution in [2.75, 3.05) is 38.6 Å². The maximum Gasteiger partial charge on any atom is 0.258 e. The summed E-state index contributed by atoms with van der Waals surface area (Å²) in [4.78, 5) is 66.6. The van der Waals surface area contributed by atoms with E-state index < -0.39 is 29.4 Å². The molecule has 0 unspecified atom stereocenters. The number of benzene rings is 2. The number of imidazole rings is 1. The fraction of sp³-hybridized carbons (Fsp3) is 0.390. The third kappa shape index (κ3) is 8.55. The summed E-state index contributed by atoms with van der Waals surface area (Å²) in [5.74, 6) is -3.59. The topological polar surface area (TPSA) is 186 Å². The van der Waals surface area contributed by atoms with Crippen LogP contribution in [0.15, 0.2) is 53.7 Å². The number of halogens is 2. The molecule has 0 spiro atoms. The normalized spacial score (nSPS) is 21.2. The molecule has 3 aliphatic heterocycles. The summed E-state index contributed by atoms with van der Waals surface area (Å²) < 4.78 is 37.9. The quantitative estimate of drug-likeness (QED) is 0.208. The highest BCUT2D eigenvalue weighted by Crippen LogP contribution is 2.31. The lowest BCUT2D eigenvalue weighted by Crippen LogP contribution is -2.59. The Kier molecular flexibility index (Phi) is 11.4. The first-order valence-corrected chi connectivity index (χ1v) is 19.1. The van der Waals surface area contributed by atoms with Crippen LogP contribution in [-0.4, -0.2) is 88.3 Å². The second-order valence-electron chi connectivity index (χ2n) is 14.9. The number of anilines is 1. The second-order valence-corrected chi connectivity index (χ2v) is 14.9. The number of nitrogens with two attached hydrogens (primary N) is 1. The summed E-state index contributed by atoms with van der Waals surface area (Å²) in [6, 6.07) is 10.9. The van der Waals surface area contributed by atoms with Crippen molar-refractivity contribution < 1.29 is 32.7 Å². The molecule has 3 aliphatic rings. The molecule has 2 aromatic carbocycles. The number of piperidine rings is 1. The number of nitrogens with zero attached hydrogens (tertiary/aromatic N) is 5. The highest BCUT2D eigenvalue weighted by molar-refractivity contribution is 6.19. The zero-order valence-corrected chi connectivity index (χ0v) is 32.0. The first-order chi connectivity index (χ1) is 27.4. The van der Waals surface area contributed by atoms with Crippen LogP contribution in [0.25, 0.3) is 16.6 Å². The van der Waals surface area contributed by atoms with E-state index in [0.29, 0.717) is 95.7 Å². The second kappa shape index (κ2) is 16.6. The van der Waals surface area contributed by atoms with Crippen molar-refractivity contribution in [1.82, 2.24) is 30.1 Å². The molecule has 14 nitrogen and oxygen atoms in total. The van der Waals surface area contributed by atoms with Crippen molar-refractivity contribution in [3.05, 3.63) is 93.9 Å². The van der Waals surface area contributed by atoms with E-state index in [-0.39, 0.29) is 42.2 Å². The van der Waals surface area contributed by atoms with Crippen LogP contribution < -0.4 is 21.7 Å². The van der Waals surface area contributed by atoms with Gasteiger partial charge in [-0.05, 0) is 86.6 Å². The predicted octanol–water partition coefficient (Wildman–Crippen LogP) is 4.22. The van der Waals surface area contributed by atoms with E-state index in [4.69, 9.17) is 15.5 Å². The molecular weight excluding hydrogens is 737 g/mol. The average Bonchev–Trinajstić information content (AvgIpc) is 3.48. The Morgan fingerprint density at radius 1 is 1.05 bits per heavy atom. The van der Waals surface area contributed by atoms with Crippen molar-refractivity contribution in [2.24, 2.45) is 16.6 Å². The van der Waals surface area contributed by atoms with Gasteiger partial charge < -0.3 is 20.4 Å². The molecule has 298 valence electrons. The minimum atomic E-state index is -1.04. The van der Waals surface area contributed by atoms with E-state index in [9.17, 15) is 28.0 Å². The molecule has 2 bridgehead atoms. The number of carbonyl (C=O) groups is 4. The number of carbonyl (C=O) groups excluding carboxylic acids is 4. The van der Waals surface area contributed by atoms with Crippen molar-refractivity contribution in [1.29, 1.82) is 0 Å². The number of amides is 4. The minimum Gasteiger partial charge on any atom is -0.477 e. The van der Waals surface area contributed by atoms with Gasteiger partial charge in [-0.3, -0.25) is 44.7 Å². The number of hydrogen-bond donors (Lipinski definition) is 4. The summed E-state index contributed by atoms with van der Waals surface area (Å²) >= 11 is 0. The van der Waals surface area contributed by atoms with Gasteiger partial charge in [0.2, 0.25) is 23.7 Å². The van der Waals surface area contributed by atoms with Gasteiger partial charge in [0.15, 0.2) is 0 Å². The minimum absolute atomic E-state index is 0.0274. The van der Waals surface area contributed by atoms with Crippen LogP contribution in [0.1, 0.15) is 81.8 Å². The molecule has 7 rings (SSSR count). The standard InChI is InChI=1S/C41H45F2N9O5/c1-22-5-4-12-57-40(45-3)29(18-44)33-16-26(13-23(2)46-33)38(55)50-41-48-32-8-6-25(17-34(32)52(41)19-22)37(54)47-27-20-51(21-27)11-10-24-14-30(42)36(31(43)15-24)28-7-9-35(53)49-39(28)56/h6,8,13-18,22,27-28H,4-5,7,9-12,19-21,44H2,1-3H3,(H,47,54)(H,48,50,55)(H,49,53,56)/t22-,28-/m1/s1. The van der Waals surface area contributed by atoms with Gasteiger partial charge in [-0.1, -0.05) is 6.92 Å². The van der Waals surface area contributed by atoms with Gasteiger partial charge in [-0.15, -0.1) is 0 Å². The third-order valence-corrected chi connectivity index (χ3v) is 10.6. The number of nitrogens with one attached hydrogen (secondary N) is 3. The van der Waals surface area contributed by atoms with Crippen molar-refractivity contribution in [2.45, 2.75) is 64.5 Å². The van der Waals surface area contributed by atoms with Gasteiger partial charge in [-0.25, -0.2) is 13.8 Å². The smallest absolute Gasteiger partial charge is 0.258 e. The highest BCUT2D eigenvalue weighted by atomic mass is 19.1. The van der Waals surface area contributed by atoms with E-state index in [2.05, 4.69) is 37.8 Å². The van der Waals surface area contributed by atoms with Gasteiger partial charge in [0.1, 0.15) is 11.6 Å². The molecule has 2 saturated heterocycles. The third-order valence-electron chi connectivity index (χ3n) is 10.6. The number of imide groups is 1. The fourth-order valence-electron chi connectivity index (χ4n) is 7.67. The Balaban J connectivity index is 1.02. The Bertz CT molecular complexity index is 2290. The average molecular weight is 782 g/mol. The maximum atomic E-state index is 15.0. The Morgan fingerprint density at radius 2 is 1.82 bits per heavy atom. The zero-order valence-electron chi connectivity index (χ0n) is 32.0. The number of likely N-dealkylation sites (tertiary alicyclic amines) is 1. The molecule has 57 heavy (non-hydrogen) atoms. The van der Waals surface area contributed by atoms with Crippen molar-refractivity contribution >= 4 is 52.1 Å². The molecule has 4 amide bonds. The molecule has 2 aromatic heterocycles. The van der Waals surface area contributed by atoms with E-state index >= 15 is 0 Å². The summed E-state index contributed by atoms with van der Waals surface area (Å²) in [5.41, 5.74) is 9.78. The summed E-state index contributed by atoms with van der Waals surface area (Å²) in [7, 11) is 1.62. The van der Waals surface area contributed by atoms with E-state index in [0.717, 1.165) is 12.8 Å². The zero-order chi connectivity index (χ0) is 40.4. The summed E-state index contributed by atoms with van der Waals surface area (Å²) in [5, 5.41) is 8.21. The number of fused-ring (bicyclic) bond motifs is 5. The summed E-state index contributed by atoms with van der Waals surface area (Å²) in [6.07, 6.45) is 3.37. The van der Waals surface area contributed by atoms with Crippen LogP contribution >= 0.6 is 0 Å². The van der Waals surface area contributed by atoms with Crippen molar-refractivity contribution in [3.8, 4) is 0 Å². The number of aliphatic imine (C=N–C) groups is 1. The van der Waals surface area contributed by atoms with Crippen LogP contribution in [0.5, 0.6) is 0 Å². The molecule has 0 saturated carbocycles. The van der Waals surface area contributed by atoms with E-state index in [1.807, 2.05) is 4.57 Å². The lowest BCUT2D eigenvalue weighted by atomic mass is 9.89. The van der Waals surface area contributed by atoms with E-state index in [1.54, 1.807) is 44.3 Å². The molecule has 5 heterocycles. The molecule has 16 heteroatoms. The van der Waals surface area contributed by atoms with Gasteiger partial charge in [-0.2, -0.15) is 0 Å². The first-order valence-electron chi connectivity index (χ1n) is 19.1. The Labute approximate surface area is 328 Å². The highest BCUT2D eigenvalue weighted by Gasteiger charge is 2.33. The number of aryl methyl sites for hydroxylation is 1. The largest absolute Gasteiger partial charge is 0.477 e. The Hall–Kier alpha value is -6.03. The first kappa shape index (κ1) is 39.2. The van der Waals surface area contributed by atoms with Gasteiger partial charge in [0, 0.05) is 68.2 Å². The Morgan fingerprint density at radius 3 is 2.54 bits per heavy atom. The van der Waals surface area contributed by atoms with Crippen LogP contribution in [-0.2, 0) is 27.3 Å². The van der Waals surface area contributed by atoms with Crippen LogP contribution in [0.3, 0.4) is 0 Å². The van der Waals surface area contributed by atoms with Gasteiger partial charge in [0.25, 0.3) is 11.8 Å². The molecule has 2 fully saturated rings. The lowest BCUT2D eigenvalue weighted by molar-refractivity contribution is -0.134. The van der Waals surface area contributed by atoms with Gasteiger partial charge in [0.05, 0.1) is 40.9 Å². The molecule has 5 N–H and O–H groups in total. The number of pyridine rings is 1. The van der Waals surface area contributed by atoms with Gasteiger partial charge >= 0.3 is 0 Å². The van der Waals surface area contributed by atoms with Crippen LogP contribution in [0.2, 0.25) is 0 Å². The molecular formula is C41H45F2N9O5. The lowest BCUT2D eigenvalue weighted by Gasteiger charge is -2.39. The number of hydrogen-bond acceptors (Lipinski definition) is 10. The number of ether oxygens (including phenoxy) is 1. The van der Waals surface area contributed by atoms with E-state index in [1.165, 1.54) is 18.3 Å². The SMILES string of the molecule is CN=C1OCCC[C@@H](C)Cn2c(nc3ccc(C(=O)NC4CN(CCc5cc(F)c([C@H]6CCC(=O)NC6=O)c(F)c5)C4)cc32)NC(=O)c2cc(C)nc(c2)C1=CN. The van der Waals surface area contributed by atoms with Crippen LogP contribution in [0.4, 0.5) is 14.7 Å². The number of aromatic nitrogens is 3. The molecule has 2 atom stereocenters. The summed E-state index contributed by atoms with van der Waals surface area (Å²) in [6.45, 7) is 6.46. The molecule has 0 radical (unpaired) electrons.